The maximum absolute atomic E-state index is 13.1. The van der Waals surface area contributed by atoms with Crippen LogP contribution in [0.2, 0.25) is 0 Å². The van der Waals surface area contributed by atoms with Gasteiger partial charge in [-0.3, -0.25) is 9.69 Å². The molecule has 1 unspecified atom stereocenters. The molecule has 1 fully saturated rings. The summed E-state index contributed by atoms with van der Waals surface area (Å²) in [4.78, 5) is 28.8. The van der Waals surface area contributed by atoms with Gasteiger partial charge in [-0.1, -0.05) is 60.7 Å². The summed E-state index contributed by atoms with van der Waals surface area (Å²) in [6.45, 7) is 3.29. The van der Waals surface area contributed by atoms with Crippen LogP contribution < -0.4 is 0 Å². The molecule has 6 heteroatoms. The zero-order chi connectivity index (χ0) is 20.6. The van der Waals surface area contributed by atoms with Gasteiger partial charge in [0.15, 0.2) is 0 Å². The first-order valence-electron chi connectivity index (χ1n) is 10.1. The van der Waals surface area contributed by atoms with Gasteiger partial charge in [-0.2, -0.15) is 0 Å². The van der Waals surface area contributed by atoms with E-state index in [4.69, 9.17) is 4.74 Å². The Kier molecular flexibility index (Phi) is 7.25. The van der Waals surface area contributed by atoms with Crippen LogP contribution in [-0.4, -0.2) is 58.7 Å². The summed E-state index contributed by atoms with van der Waals surface area (Å²) in [5.74, 6) is -0.142. The van der Waals surface area contributed by atoms with Crippen molar-refractivity contribution in [1.82, 2.24) is 9.80 Å². The minimum absolute atomic E-state index is 0.111. The number of aliphatic hydroxyl groups excluding tert-OH is 1. The lowest BCUT2D eigenvalue weighted by Gasteiger charge is -2.29. The first kappa shape index (κ1) is 20.9. The molecule has 0 aromatic heterocycles. The van der Waals surface area contributed by atoms with Crippen molar-refractivity contribution in [3.8, 4) is 0 Å². The number of likely N-dealkylation sites (N-methyl/N-ethyl adjacent to an activating group) is 1. The summed E-state index contributed by atoms with van der Waals surface area (Å²) in [5.41, 5.74) is 2.03. The molecule has 1 N–H and O–H groups in total. The smallest absolute Gasteiger partial charge is 0.410 e. The van der Waals surface area contributed by atoms with Crippen molar-refractivity contribution >= 4 is 12.0 Å². The Bertz CT molecular complexity index is 797. The molecular formula is C23H28N2O4. The Morgan fingerprint density at radius 2 is 1.69 bits per heavy atom. The fourth-order valence-corrected chi connectivity index (χ4v) is 3.60. The second kappa shape index (κ2) is 10.1. The first-order chi connectivity index (χ1) is 14.1. The monoisotopic (exact) mass is 396 g/mol. The van der Waals surface area contributed by atoms with Gasteiger partial charge in [0.05, 0.1) is 12.6 Å². The van der Waals surface area contributed by atoms with Gasteiger partial charge in [-0.05, 0) is 24.5 Å². The van der Waals surface area contributed by atoms with Crippen LogP contribution in [0.3, 0.4) is 0 Å². The number of nitrogens with zero attached hydrogens (tertiary/aromatic N) is 2. The van der Waals surface area contributed by atoms with Crippen molar-refractivity contribution in [3.63, 3.8) is 0 Å². The summed E-state index contributed by atoms with van der Waals surface area (Å²) >= 11 is 0. The van der Waals surface area contributed by atoms with Crippen LogP contribution >= 0.6 is 0 Å². The molecule has 0 spiro atoms. The highest BCUT2D eigenvalue weighted by Crippen LogP contribution is 2.22. The summed E-state index contributed by atoms with van der Waals surface area (Å²) in [5, 5.41) is 10.1. The molecule has 6 nitrogen and oxygen atoms in total. The Labute approximate surface area is 171 Å². The SMILES string of the molecule is CCN(CCc1ccccc1)C(=O)[C@@H]1CC(O)CN1C(=O)OCc1ccccc1. The van der Waals surface area contributed by atoms with E-state index in [1.165, 1.54) is 4.90 Å². The predicted molar refractivity (Wildman–Crippen MR) is 110 cm³/mol. The summed E-state index contributed by atoms with van der Waals surface area (Å²) in [6.07, 6.45) is -0.307. The van der Waals surface area contributed by atoms with Gasteiger partial charge in [-0.25, -0.2) is 4.79 Å². The number of carbonyl (C=O) groups excluding carboxylic acids is 2. The molecule has 2 aromatic carbocycles. The minimum atomic E-state index is -0.721. The van der Waals surface area contributed by atoms with Crippen LogP contribution in [0.4, 0.5) is 4.79 Å². The average molecular weight is 396 g/mol. The standard InChI is InChI=1S/C23H28N2O4/c1-2-24(14-13-18-9-5-3-6-10-18)22(27)21-15-20(26)16-25(21)23(28)29-17-19-11-7-4-8-12-19/h3-12,20-21,26H,2,13-17H2,1H3/t20?,21-/m0/s1. The van der Waals surface area contributed by atoms with Crippen molar-refractivity contribution in [2.24, 2.45) is 0 Å². The van der Waals surface area contributed by atoms with E-state index in [1.54, 1.807) is 4.90 Å². The predicted octanol–water partition coefficient (Wildman–Crippen LogP) is 2.85. The lowest BCUT2D eigenvalue weighted by molar-refractivity contribution is -0.135. The number of hydrogen-bond donors (Lipinski definition) is 1. The third kappa shape index (κ3) is 5.57. The van der Waals surface area contributed by atoms with Gasteiger partial charge in [0.2, 0.25) is 5.91 Å². The van der Waals surface area contributed by atoms with E-state index in [9.17, 15) is 14.7 Å². The third-order valence-corrected chi connectivity index (χ3v) is 5.21. The van der Waals surface area contributed by atoms with Gasteiger partial charge in [0.1, 0.15) is 12.6 Å². The highest BCUT2D eigenvalue weighted by molar-refractivity contribution is 5.86. The van der Waals surface area contributed by atoms with Crippen LogP contribution in [0.5, 0.6) is 0 Å². The molecule has 2 amide bonds. The number of β-amino-alcohol motifs (C(OH)–C–C–N with tert-alkyl or cyclic N) is 1. The maximum Gasteiger partial charge on any atom is 0.410 e. The number of hydrogen-bond acceptors (Lipinski definition) is 4. The van der Waals surface area contributed by atoms with Crippen molar-refractivity contribution in [2.75, 3.05) is 19.6 Å². The lowest BCUT2D eigenvalue weighted by Crippen LogP contribution is -2.48. The van der Waals surface area contributed by atoms with Crippen LogP contribution in [-0.2, 0) is 22.6 Å². The first-order valence-corrected chi connectivity index (χ1v) is 10.1. The normalized spacial score (nSPS) is 18.5. The van der Waals surface area contributed by atoms with Gasteiger partial charge < -0.3 is 14.7 Å². The fraction of sp³-hybridized carbons (Fsp3) is 0.391. The lowest BCUT2D eigenvalue weighted by atomic mass is 10.1. The highest BCUT2D eigenvalue weighted by atomic mass is 16.6. The van der Waals surface area contributed by atoms with Gasteiger partial charge >= 0.3 is 6.09 Å². The molecule has 0 bridgehead atoms. The number of ether oxygens (including phenoxy) is 1. The highest BCUT2D eigenvalue weighted by Gasteiger charge is 2.41. The molecule has 0 radical (unpaired) electrons. The molecule has 3 rings (SSSR count). The topological polar surface area (TPSA) is 70.1 Å². The molecule has 1 aliphatic rings. The maximum atomic E-state index is 13.1. The Morgan fingerprint density at radius 3 is 2.31 bits per heavy atom. The largest absolute Gasteiger partial charge is 0.445 e. The van der Waals surface area contributed by atoms with Crippen molar-refractivity contribution in [3.05, 3.63) is 71.8 Å². The zero-order valence-electron chi connectivity index (χ0n) is 16.7. The van der Waals surface area contributed by atoms with E-state index in [1.807, 2.05) is 67.6 Å². The fourth-order valence-electron chi connectivity index (χ4n) is 3.60. The van der Waals surface area contributed by atoms with Crippen molar-refractivity contribution < 1.29 is 19.4 Å². The molecule has 154 valence electrons. The van der Waals surface area contributed by atoms with Gasteiger partial charge in [-0.15, -0.1) is 0 Å². The number of likely N-dealkylation sites (tertiary alicyclic amines) is 1. The van der Waals surface area contributed by atoms with E-state index in [2.05, 4.69) is 0 Å². The number of amides is 2. The summed E-state index contributed by atoms with van der Waals surface area (Å²) in [7, 11) is 0. The van der Waals surface area contributed by atoms with E-state index in [0.717, 1.165) is 17.5 Å². The van der Waals surface area contributed by atoms with Crippen LogP contribution in [0.15, 0.2) is 60.7 Å². The number of rotatable bonds is 7. The number of benzene rings is 2. The van der Waals surface area contributed by atoms with Crippen molar-refractivity contribution in [2.45, 2.75) is 38.5 Å². The summed E-state index contributed by atoms with van der Waals surface area (Å²) < 4.78 is 5.39. The van der Waals surface area contributed by atoms with Crippen LogP contribution in [0.1, 0.15) is 24.5 Å². The summed E-state index contributed by atoms with van der Waals surface area (Å²) in [6, 6.07) is 18.7. The Hall–Kier alpha value is -2.86. The zero-order valence-corrected chi connectivity index (χ0v) is 16.7. The quantitative estimate of drug-likeness (QED) is 0.781. The molecule has 1 saturated heterocycles. The molecule has 0 aliphatic carbocycles. The van der Waals surface area contributed by atoms with E-state index >= 15 is 0 Å². The molecular weight excluding hydrogens is 368 g/mol. The van der Waals surface area contributed by atoms with Gasteiger partial charge in [0, 0.05) is 19.5 Å². The Balaban J connectivity index is 1.61. The van der Waals surface area contributed by atoms with Gasteiger partial charge in [0.25, 0.3) is 0 Å². The minimum Gasteiger partial charge on any atom is -0.445 e. The molecule has 2 atom stereocenters. The van der Waals surface area contributed by atoms with E-state index < -0.39 is 18.2 Å². The molecule has 1 heterocycles. The van der Waals surface area contributed by atoms with Crippen LogP contribution in [0, 0.1) is 0 Å². The Morgan fingerprint density at radius 1 is 1.07 bits per heavy atom. The molecule has 29 heavy (non-hydrogen) atoms. The molecule has 1 aliphatic heterocycles. The molecule has 2 aromatic rings. The van der Waals surface area contributed by atoms with E-state index in [0.29, 0.717) is 13.1 Å². The third-order valence-electron chi connectivity index (χ3n) is 5.21. The van der Waals surface area contributed by atoms with Crippen LogP contribution in [0.25, 0.3) is 0 Å². The van der Waals surface area contributed by atoms with E-state index in [-0.39, 0.29) is 25.5 Å². The molecule has 0 saturated carbocycles. The van der Waals surface area contributed by atoms with Crippen molar-refractivity contribution in [1.29, 1.82) is 0 Å². The number of carbonyl (C=O) groups is 2. The second-order valence-electron chi connectivity index (χ2n) is 7.25. The second-order valence-corrected chi connectivity index (χ2v) is 7.25. The number of aliphatic hydroxyl groups is 1. The average Bonchev–Trinajstić information content (AvgIpc) is 3.15.